The zero-order chi connectivity index (χ0) is 50.2. The van der Waals surface area contributed by atoms with Crippen molar-refractivity contribution < 1.29 is 17.7 Å². The Morgan fingerprint density at radius 2 is 0.750 bits per heavy atom. The molecule has 4 aromatic heterocycles. The van der Waals surface area contributed by atoms with Gasteiger partial charge in [0.15, 0.2) is 11.2 Å². The lowest BCUT2D eigenvalue weighted by atomic mass is 9.95. The monoisotopic (exact) mass is 976 g/mol. The first-order chi connectivity index (χ1) is 37.5. The predicted molar refractivity (Wildman–Crippen MR) is 315 cm³/mol. The van der Waals surface area contributed by atoms with E-state index in [-0.39, 0.29) is 0 Å². The van der Waals surface area contributed by atoms with Crippen LogP contribution in [-0.4, -0.2) is 0 Å². The Morgan fingerprint density at radius 3 is 1.33 bits per heavy atom. The average molecular weight is 977 g/mol. The summed E-state index contributed by atoms with van der Waals surface area (Å²) in [5.41, 5.74) is 17.2. The fourth-order valence-electron chi connectivity index (χ4n) is 12.0. The molecule has 0 aliphatic rings. The van der Waals surface area contributed by atoms with Crippen molar-refractivity contribution in [3.05, 3.63) is 242 Å². The third kappa shape index (κ3) is 6.34. The molecule has 0 N–H and O–H groups in total. The minimum absolute atomic E-state index is 0.807. The third-order valence-electron chi connectivity index (χ3n) is 15.6. The number of anilines is 6. The molecule has 16 rings (SSSR count). The quantitative estimate of drug-likeness (QED) is 0.159. The summed E-state index contributed by atoms with van der Waals surface area (Å²) in [5.74, 6) is 0. The van der Waals surface area contributed by atoms with Gasteiger partial charge in [-0.15, -0.1) is 0 Å². The number of hydrogen-bond donors (Lipinski definition) is 0. The van der Waals surface area contributed by atoms with Crippen LogP contribution in [0.4, 0.5) is 34.1 Å². The molecule has 0 atom stereocenters. The first-order valence-corrected chi connectivity index (χ1v) is 25.8. The van der Waals surface area contributed by atoms with E-state index in [9.17, 15) is 0 Å². The number of nitrogens with zero attached hydrogens (tertiary/aromatic N) is 2. The number of rotatable bonds is 7. The van der Waals surface area contributed by atoms with Gasteiger partial charge in [0.2, 0.25) is 0 Å². The summed E-state index contributed by atoms with van der Waals surface area (Å²) in [6.45, 7) is 4.32. The molecule has 0 radical (unpaired) electrons. The van der Waals surface area contributed by atoms with E-state index in [0.29, 0.717) is 0 Å². The van der Waals surface area contributed by atoms with Gasteiger partial charge in [-0.3, -0.25) is 0 Å². The van der Waals surface area contributed by atoms with Gasteiger partial charge >= 0.3 is 0 Å². The topological polar surface area (TPSA) is 59.0 Å². The van der Waals surface area contributed by atoms with Crippen LogP contribution in [0.25, 0.3) is 120 Å². The Balaban J connectivity index is 0.866. The van der Waals surface area contributed by atoms with E-state index in [1.807, 2.05) is 24.3 Å². The maximum atomic E-state index is 7.14. The van der Waals surface area contributed by atoms with Crippen molar-refractivity contribution in [1.82, 2.24) is 0 Å². The highest BCUT2D eigenvalue weighted by atomic mass is 16.3. The first kappa shape index (κ1) is 42.5. The van der Waals surface area contributed by atoms with Crippen molar-refractivity contribution in [1.29, 1.82) is 0 Å². The van der Waals surface area contributed by atoms with E-state index < -0.39 is 0 Å². The summed E-state index contributed by atoms with van der Waals surface area (Å²) in [6, 6.07) is 81.6. The highest BCUT2D eigenvalue weighted by molar-refractivity contribution is 6.25. The second-order valence-corrected chi connectivity index (χ2v) is 20.1. The molecule has 0 unspecified atom stereocenters. The molecule has 76 heavy (non-hydrogen) atoms. The van der Waals surface area contributed by atoms with Gasteiger partial charge in [-0.2, -0.15) is 0 Å². The van der Waals surface area contributed by atoms with E-state index in [1.54, 1.807) is 0 Å². The molecule has 0 spiro atoms. The summed E-state index contributed by atoms with van der Waals surface area (Å²) < 4.78 is 27.5. The fourth-order valence-corrected chi connectivity index (χ4v) is 12.0. The molecule has 0 fully saturated rings. The van der Waals surface area contributed by atoms with Gasteiger partial charge in [-0.1, -0.05) is 140 Å². The smallest absolute Gasteiger partial charge is 0.159 e. The highest BCUT2D eigenvalue weighted by Gasteiger charge is 2.26. The van der Waals surface area contributed by atoms with Gasteiger partial charge in [0.05, 0.1) is 11.4 Å². The lowest BCUT2D eigenvalue weighted by Crippen LogP contribution is -2.11. The second-order valence-electron chi connectivity index (χ2n) is 20.1. The Morgan fingerprint density at radius 1 is 0.276 bits per heavy atom. The summed E-state index contributed by atoms with van der Waals surface area (Å²) in [6.07, 6.45) is 0. The van der Waals surface area contributed by atoms with Crippen molar-refractivity contribution in [2.75, 3.05) is 9.80 Å². The average Bonchev–Trinajstić information content (AvgIpc) is 4.34. The van der Waals surface area contributed by atoms with Crippen molar-refractivity contribution >= 4 is 143 Å². The predicted octanol–water partition coefficient (Wildman–Crippen LogP) is 20.8. The molecule has 0 aliphatic heterocycles. The molecule has 358 valence electrons. The molecule has 0 aliphatic carbocycles. The lowest BCUT2D eigenvalue weighted by Gasteiger charge is -2.27. The van der Waals surface area contributed by atoms with Crippen LogP contribution in [0.15, 0.2) is 248 Å². The number of aryl methyl sites for hydroxylation is 2. The van der Waals surface area contributed by atoms with Crippen LogP contribution < -0.4 is 9.80 Å². The SMILES string of the molecule is Cc1ccccc1N(c1ccc2cc3c(cc2c1)oc1c(-c2ccccc2)c2c(cc13)oc1cc3cc(N(c4ccccc4C)c4cccc5c4oc4ccccc45)ccc3cc12)c1cccc2c1oc1ccccc12. The Labute approximate surface area is 435 Å². The van der Waals surface area contributed by atoms with Crippen LogP contribution in [0.2, 0.25) is 0 Å². The van der Waals surface area contributed by atoms with E-state index >= 15 is 0 Å². The van der Waals surface area contributed by atoms with E-state index in [2.05, 4.69) is 230 Å². The molecular weight excluding hydrogens is 933 g/mol. The molecule has 0 saturated heterocycles. The van der Waals surface area contributed by atoms with Crippen LogP contribution in [0, 0.1) is 13.8 Å². The molecule has 0 amide bonds. The Bertz CT molecular complexity index is 4870. The second kappa shape index (κ2) is 16.2. The first-order valence-electron chi connectivity index (χ1n) is 25.8. The number of furan rings is 4. The normalized spacial score (nSPS) is 12.1. The van der Waals surface area contributed by atoms with E-state index in [0.717, 1.165) is 166 Å². The van der Waals surface area contributed by atoms with Crippen LogP contribution in [0.3, 0.4) is 0 Å². The minimum atomic E-state index is 0.807. The zero-order valence-electron chi connectivity index (χ0n) is 41.5. The van der Waals surface area contributed by atoms with Gasteiger partial charge < -0.3 is 27.5 Å². The molecule has 0 saturated carbocycles. The Kier molecular flexibility index (Phi) is 9.07. The largest absolute Gasteiger partial charge is 0.456 e. The molecule has 0 bridgehead atoms. The lowest BCUT2D eigenvalue weighted by molar-refractivity contribution is 0.665. The van der Waals surface area contributed by atoms with Crippen LogP contribution in [0.1, 0.15) is 11.1 Å². The van der Waals surface area contributed by atoms with E-state index in [4.69, 9.17) is 17.7 Å². The summed E-state index contributed by atoms with van der Waals surface area (Å²) >= 11 is 0. The summed E-state index contributed by atoms with van der Waals surface area (Å²) in [5, 5.41) is 12.8. The van der Waals surface area contributed by atoms with Crippen molar-refractivity contribution in [2.24, 2.45) is 0 Å². The van der Waals surface area contributed by atoms with Crippen LogP contribution in [-0.2, 0) is 0 Å². The maximum absolute atomic E-state index is 7.14. The minimum Gasteiger partial charge on any atom is -0.456 e. The fraction of sp³-hybridized carbons (Fsp3) is 0.0286. The third-order valence-corrected chi connectivity index (χ3v) is 15.6. The number of fused-ring (bicyclic) bond motifs is 14. The highest BCUT2D eigenvalue weighted by Crippen LogP contribution is 2.49. The number of hydrogen-bond acceptors (Lipinski definition) is 6. The van der Waals surface area contributed by atoms with Gasteiger partial charge in [0, 0.05) is 71.4 Å². The van der Waals surface area contributed by atoms with Gasteiger partial charge in [0.25, 0.3) is 0 Å². The van der Waals surface area contributed by atoms with Crippen molar-refractivity contribution in [3.63, 3.8) is 0 Å². The summed E-state index contributed by atoms with van der Waals surface area (Å²) in [4.78, 5) is 4.64. The zero-order valence-corrected chi connectivity index (χ0v) is 41.5. The number of para-hydroxylation sites is 6. The van der Waals surface area contributed by atoms with Gasteiger partial charge in [-0.25, -0.2) is 0 Å². The van der Waals surface area contributed by atoms with Gasteiger partial charge in [0.1, 0.15) is 33.5 Å². The standard InChI is InChI=1S/C70H44N2O4/c1-41-16-6-10-24-57(41)71(59-26-14-22-52-50-20-8-12-28-61(50)74-68(52)59)48-32-30-44-36-54-55-40-65-67(66(43-18-4-3-5-19-43)70(55)76-63(54)38-46(44)34-48)56-37-45-31-33-49(35-47(45)39-64(56)73-65)72(58-25-11-7-17-42(58)2)60-27-15-23-53-51-21-9-13-29-62(51)75-69(53)60/h3-40H,1-2H3. The molecule has 4 heterocycles. The molecule has 6 heteroatoms. The molecular formula is C70H44N2O4. The number of benzene rings is 12. The summed E-state index contributed by atoms with van der Waals surface area (Å²) in [7, 11) is 0. The van der Waals surface area contributed by atoms with Crippen LogP contribution >= 0.6 is 0 Å². The molecule has 6 nitrogen and oxygen atoms in total. The van der Waals surface area contributed by atoms with Crippen molar-refractivity contribution in [3.8, 4) is 11.1 Å². The molecule has 12 aromatic carbocycles. The van der Waals surface area contributed by atoms with Gasteiger partial charge in [-0.05, 0) is 143 Å². The maximum Gasteiger partial charge on any atom is 0.159 e. The van der Waals surface area contributed by atoms with E-state index in [1.165, 1.54) is 0 Å². The molecule has 16 aromatic rings. The van der Waals surface area contributed by atoms with Crippen molar-refractivity contribution in [2.45, 2.75) is 13.8 Å². The Hall–Kier alpha value is -10.0. The van der Waals surface area contributed by atoms with Crippen LogP contribution in [0.5, 0.6) is 0 Å².